The summed E-state index contributed by atoms with van der Waals surface area (Å²) >= 11 is 0. The zero-order chi connectivity index (χ0) is 54.3. The summed E-state index contributed by atoms with van der Waals surface area (Å²) in [5.74, 6) is -0.901. The maximum Gasteiger partial charge on any atom is 0.306 e. The van der Waals surface area contributed by atoms with Gasteiger partial charge >= 0.3 is 17.9 Å². The maximum absolute atomic E-state index is 12.9. The average Bonchev–Trinajstić information content (AvgIpc) is 3.41. The first kappa shape index (κ1) is 71.6. The van der Waals surface area contributed by atoms with E-state index in [2.05, 4.69) is 106 Å². The highest BCUT2D eigenvalue weighted by atomic mass is 16.6. The van der Waals surface area contributed by atoms with E-state index in [0.717, 1.165) is 109 Å². The molecule has 0 N–H and O–H groups in total. The predicted octanol–water partition coefficient (Wildman–Crippen LogP) is 21.9. The van der Waals surface area contributed by atoms with Crippen molar-refractivity contribution in [1.82, 2.24) is 0 Å². The average molecular weight is 1050 g/mol. The molecule has 0 radical (unpaired) electrons. The number of rotatable bonds is 58. The second-order valence-electron chi connectivity index (χ2n) is 21.3. The predicted molar refractivity (Wildman–Crippen MR) is 325 cm³/mol. The van der Waals surface area contributed by atoms with E-state index in [-0.39, 0.29) is 31.1 Å². The molecule has 0 aliphatic heterocycles. The van der Waals surface area contributed by atoms with Gasteiger partial charge in [0.25, 0.3) is 0 Å². The van der Waals surface area contributed by atoms with Crippen molar-refractivity contribution in [1.29, 1.82) is 0 Å². The molecular formula is C69H120O6. The summed E-state index contributed by atoms with van der Waals surface area (Å²) in [4.78, 5) is 38.3. The molecule has 1 unspecified atom stereocenters. The van der Waals surface area contributed by atoms with Crippen molar-refractivity contribution < 1.29 is 28.6 Å². The van der Waals surface area contributed by atoms with Crippen LogP contribution in [0, 0.1) is 0 Å². The molecule has 75 heavy (non-hydrogen) atoms. The summed E-state index contributed by atoms with van der Waals surface area (Å²) in [5, 5.41) is 0. The van der Waals surface area contributed by atoms with Crippen LogP contribution in [0.15, 0.2) is 85.1 Å². The second kappa shape index (κ2) is 63.1. The summed E-state index contributed by atoms with van der Waals surface area (Å²) in [7, 11) is 0. The standard InChI is InChI=1S/C69H120O6/c1-4-7-10-13-16-19-22-25-27-29-31-32-33-34-35-36-38-39-41-44-47-50-53-56-59-62-68(71)74-65-66(64-73-67(70)61-58-55-52-49-46-43-24-21-18-15-12-9-6-3)75-69(72)63-60-57-54-51-48-45-42-40-37-30-28-26-23-20-17-14-11-8-5-2/h7,9-10,12,16,18-19,21,25,27,31-32,43,46,66H,4-6,8,11,13-15,17,20,22-24,26,28-30,33-42,44-45,47-65H2,1-3H3/b10-7-,12-9-,19-16-,21-18-,27-25-,32-31-,46-43-. The fourth-order valence-electron chi connectivity index (χ4n) is 9.16. The molecule has 6 heteroatoms. The van der Waals surface area contributed by atoms with Gasteiger partial charge in [-0.25, -0.2) is 0 Å². The van der Waals surface area contributed by atoms with Gasteiger partial charge < -0.3 is 14.2 Å². The summed E-state index contributed by atoms with van der Waals surface area (Å²) < 4.78 is 16.9. The van der Waals surface area contributed by atoms with Crippen molar-refractivity contribution in [2.24, 2.45) is 0 Å². The zero-order valence-corrected chi connectivity index (χ0v) is 49.6. The molecule has 0 amide bonds. The minimum Gasteiger partial charge on any atom is -0.462 e. The molecule has 0 aliphatic rings. The molecule has 0 aliphatic carbocycles. The lowest BCUT2D eigenvalue weighted by molar-refractivity contribution is -0.167. The van der Waals surface area contributed by atoms with E-state index in [1.807, 2.05) is 0 Å². The Hall–Kier alpha value is -3.41. The van der Waals surface area contributed by atoms with E-state index in [9.17, 15) is 14.4 Å². The molecule has 6 nitrogen and oxygen atoms in total. The van der Waals surface area contributed by atoms with Crippen LogP contribution in [-0.4, -0.2) is 37.2 Å². The first-order chi connectivity index (χ1) is 37.0. The first-order valence-corrected chi connectivity index (χ1v) is 32.1. The Morgan fingerprint density at radius 2 is 0.520 bits per heavy atom. The molecule has 0 fully saturated rings. The highest BCUT2D eigenvalue weighted by Crippen LogP contribution is 2.17. The molecule has 1 atom stereocenters. The van der Waals surface area contributed by atoms with Gasteiger partial charge in [0.15, 0.2) is 6.10 Å². The molecule has 0 heterocycles. The molecule has 432 valence electrons. The lowest BCUT2D eigenvalue weighted by Gasteiger charge is -2.18. The molecule has 0 bridgehead atoms. The van der Waals surface area contributed by atoms with E-state index in [1.165, 1.54) is 167 Å². The number of ether oxygens (including phenoxy) is 3. The number of hydrogen-bond donors (Lipinski definition) is 0. The molecule has 0 aromatic rings. The highest BCUT2D eigenvalue weighted by Gasteiger charge is 2.19. The van der Waals surface area contributed by atoms with Crippen molar-refractivity contribution in [3.63, 3.8) is 0 Å². The van der Waals surface area contributed by atoms with Crippen LogP contribution >= 0.6 is 0 Å². The normalized spacial score (nSPS) is 12.6. The van der Waals surface area contributed by atoms with Crippen LogP contribution in [0.5, 0.6) is 0 Å². The number of esters is 3. The maximum atomic E-state index is 12.9. The van der Waals surface area contributed by atoms with Crippen molar-refractivity contribution in [3.05, 3.63) is 85.1 Å². The SMILES string of the molecule is CC/C=C\C/C=C\C/C=C\C/C=C\CCCCCCCCCCCCCCC(=O)OCC(COC(=O)CCCCC/C=C\C/C=C\C/C=C\CC)OC(=O)CCCCCCCCCCCCCCCCCCCCC. The van der Waals surface area contributed by atoms with Gasteiger partial charge in [-0.1, -0.05) is 292 Å². The Morgan fingerprint density at radius 1 is 0.280 bits per heavy atom. The van der Waals surface area contributed by atoms with Crippen molar-refractivity contribution in [2.45, 2.75) is 322 Å². The van der Waals surface area contributed by atoms with Crippen LogP contribution in [0.25, 0.3) is 0 Å². The van der Waals surface area contributed by atoms with Gasteiger partial charge in [0, 0.05) is 19.3 Å². The largest absolute Gasteiger partial charge is 0.462 e. The Bertz CT molecular complexity index is 1430. The fraction of sp³-hybridized carbons (Fsp3) is 0.754. The topological polar surface area (TPSA) is 78.9 Å². The van der Waals surface area contributed by atoms with Gasteiger partial charge in [-0.3, -0.25) is 14.4 Å². The summed E-state index contributed by atoms with van der Waals surface area (Å²) in [6, 6.07) is 0. The van der Waals surface area contributed by atoms with Crippen LogP contribution in [0.4, 0.5) is 0 Å². The molecule has 0 saturated carbocycles. The lowest BCUT2D eigenvalue weighted by atomic mass is 10.0. The lowest BCUT2D eigenvalue weighted by Crippen LogP contribution is -2.30. The van der Waals surface area contributed by atoms with E-state index < -0.39 is 6.10 Å². The van der Waals surface area contributed by atoms with Gasteiger partial charge in [-0.2, -0.15) is 0 Å². The number of carbonyl (C=O) groups excluding carboxylic acids is 3. The molecule has 0 aromatic carbocycles. The Balaban J connectivity index is 4.30. The van der Waals surface area contributed by atoms with Gasteiger partial charge in [0.2, 0.25) is 0 Å². The monoisotopic (exact) mass is 1040 g/mol. The molecule has 0 spiro atoms. The van der Waals surface area contributed by atoms with Crippen molar-refractivity contribution in [2.75, 3.05) is 13.2 Å². The minimum absolute atomic E-state index is 0.0840. The molecule has 0 aromatic heterocycles. The van der Waals surface area contributed by atoms with Gasteiger partial charge in [0.05, 0.1) is 0 Å². The zero-order valence-electron chi connectivity index (χ0n) is 49.6. The number of unbranched alkanes of at least 4 members (excludes halogenated alkanes) is 33. The van der Waals surface area contributed by atoms with Crippen LogP contribution in [0.3, 0.4) is 0 Å². The third-order valence-electron chi connectivity index (χ3n) is 13.9. The number of carbonyl (C=O) groups is 3. The van der Waals surface area contributed by atoms with Crippen LogP contribution < -0.4 is 0 Å². The quantitative estimate of drug-likeness (QED) is 0.0261. The van der Waals surface area contributed by atoms with Gasteiger partial charge in [0.1, 0.15) is 13.2 Å². The molecule has 0 rings (SSSR count). The van der Waals surface area contributed by atoms with E-state index in [0.29, 0.717) is 19.3 Å². The van der Waals surface area contributed by atoms with E-state index in [1.54, 1.807) is 0 Å². The van der Waals surface area contributed by atoms with E-state index in [4.69, 9.17) is 14.2 Å². The Kier molecular flexibility index (Phi) is 60.3. The smallest absolute Gasteiger partial charge is 0.306 e. The van der Waals surface area contributed by atoms with Gasteiger partial charge in [-0.05, 0) is 89.9 Å². The highest BCUT2D eigenvalue weighted by molar-refractivity contribution is 5.71. The molecular weight excluding hydrogens is 925 g/mol. The second-order valence-corrected chi connectivity index (χ2v) is 21.3. The Morgan fingerprint density at radius 3 is 0.827 bits per heavy atom. The van der Waals surface area contributed by atoms with Crippen molar-refractivity contribution >= 4 is 17.9 Å². The summed E-state index contributed by atoms with van der Waals surface area (Å²) in [6.07, 6.45) is 83.1. The molecule has 0 saturated heterocycles. The van der Waals surface area contributed by atoms with Gasteiger partial charge in [-0.15, -0.1) is 0 Å². The summed E-state index contributed by atoms with van der Waals surface area (Å²) in [5.41, 5.74) is 0. The van der Waals surface area contributed by atoms with Crippen LogP contribution in [-0.2, 0) is 28.6 Å². The first-order valence-electron chi connectivity index (χ1n) is 32.1. The van der Waals surface area contributed by atoms with Crippen LogP contribution in [0.2, 0.25) is 0 Å². The third kappa shape index (κ3) is 61.3. The van der Waals surface area contributed by atoms with Crippen molar-refractivity contribution in [3.8, 4) is 0 Å². The third-order valence-corrected chi connectivity index (χ3v) is 13.9. The minimum atomic E-state index is -0.788. The fourth-order valence-corrected chi connectivity index (χ4v) is 9.16. The van der Waals surface area contributed by atoms with Crippen LogP contribution in [0.1, 0.15) is 316 Å². The number of hydrogen-bond acceptors (Lipinski definition) is 6. The summed E-state index contributed by atoms with van der Waals surface area (Å²) in [6.45, 7) is 6.43. The Labute approximate surface area is 465 Å². The van der Waals surface area contributed by atoms with E-state index >= 15 is 0 Å². The number of allylic oxidation sites excluding steroid dienone is 14.